The summed E-state index contributed by atoms with van der Waals surface area (Å²) in [6, 6.07) is 7.21. The number of nitriles is 1. The van der Waals surface area contributed by atoms with Crippen LogP contribution in [0.25, 0.3) is 0 Å². The standard InChI is InChI=1S/C10H10N2O2/c1-14-10-4-7(2-3-9(10)13)12-6-8(12)5-11/h2-4,8,13H,6H2,1H3. The Kier molecular flexibility index (Phi) is 1.93. The van der Waals surface area contributed by atoms with Gasteiger partial charge in [0.1, 0.15) is 6.04 Å². The second kappa shape index (κ2) is 3.11. The molecule has 14 heavy (non-hydrogen) atoms. The SMILES string of the molecule is COc1cc(N2CC2C#N)ccc1O. The van der Waals surface area contributed by atoms with Crippen molar-refractivity contribution >= 4 is 5.69 Å². The van der Waals surface area contributed by atoms with Gasteiger partial charge in [-0.25, -0.2) is 0 Å². The molecule has 1 aromatic carbocycles. The minimum Gasteiger partial charge on any atom is -0.504 e. The minimum absolute atomic E-state index is 0.0238. The smallest absolute Gasteiger partial charge is 0.162 e. The van der Waals surface area contributed by atoms with Crippen molar-refractivity contribution in [2.45, 2.75) is 6.04 Å². The highest BCUT2D eigenvalue weighted by Gasteiger charge is 2.34. The van der Waals surface area contributed by atoms with E-state index in [2.05, 4.69) is 6.07 Å². The van der Waals surface area contributed by atoms with Gasteiger partial charge in [-0.15, -0.1) is 0 Å². The fraction of sp³-hybridized carbons (Fsp3) is 0.300. The molecular formula is C10H10N2O2. The molecule has 1 unspecified atom stereocenters. The van der Waals surface area contributed by atoms with Gasteiger partial charge in [-0.3, -0.25) is 0 Å². The van der Waals surface area contributed by atoms with Crippen molar-refractivity contribution in [1.29, 1.82) is 5.26 Å². The van der Waals surface area contributed by atoms with Gasteiger partial charge in [0.05, 0.1) is 19.7 Å². The lowest BCUT2D eigenvalue weighted by Gasteiger charge is -2.07. The van der Waals surface area contributed by atoms with Crippen molar-refractivity contribution in [2.24, 2.45) is 0 Å². The fourth-order valence-corrected chi connectivity index (χ4v) is 1.38. The Morgan fingerprint density at radius 3 is 3.00 bits per heavy atom. The lowest BCUT2D eigenvalue weighted by molar-refractivity contribution is 0.373. The molecule has 1 N–H and O–H groups in total. The van der Waals surface area contributed by atoms with Crippen molar-refractivity contribution in [3.05, 3.63) is 18.2 Å². The first kappa shape index (κ1) is 8.70. The van der Waals surface area contributed by atoms with Gasteiger partial charge >= 0.3 is 0 Å². The number of aromatic hydroxyl groups is 1. The van der Waals surface area contributed by atoms with Crippen LogP contribution in [0.5, 0.6) is 11.5 Å². The number of rotatable bonds is 2. The van der Waals surface area contributed by atoms with Crippen LogP contribution in [0.15, 0.2) is 18.2 Å². The predicted molar refractivity (Wildman–Crippen MR) is 51.4 cm³/mol. The normalized spacial score (nSPS) is 18.9. The Morgan fingerprint density at radius 2 is 2.43 bits per heavy atom. The Bertz CT molecular complexity index is 398. The van der Waals surface area contributed by atoms with E-state index in [1.54, 1.807) is 18.2 Å². The van der Waals surface area contributed by atoms with Gasteiger partial charge in [-0.2, -0.15) is 5.26 Å². The summed E-state index contributed by atoms with van der Waals surface area (Å²) in [5.74, 6) is 0.553. The number of ether oxygens (including phenoxy) is 1. The molecule has 1 aliphatic heterocycles. The molecule has 1 aromatic rings. The van der Waals surface area contributed by atoms with Crippen molar-refractivity contribution in [2.75, 3.05) is 18.6 Å². The minimum atomic E-state index is -0.0238. The molecule has 0 spiro atoms. The summed E-state index contributed by atoms with van der Waals surface area (Å²) in [5, 5.41) is 18.0. The molecule has 1 heterocycles. The third-order valence-electron chi connectivity index (χ3n) is 2.26. The predicted octanol–water partition coefficient (Wildman–Crippen LogP) is 1.11. The van der Waals surface area contributed by atoms with Crippen molar-refractivity contribution in [3.63, 3.8) is 0 Å². The monoisotopic (exact) mass is 190 g/mol. The van der Waals surface area contributed by atoms with Crippen molar-refractivity contribution in [1.82, 2.24) is 0 Å². The average molecular weight is 190 g/mol. The van der Waals surface area contributed by atoms with Gasteiger partial charge in [0, 0.05) is 11.8 Å². The zero-order chi connectivity index (χ0) is 10.1. The highest BCUT2D eigenvalue weighted by molar-refractivity contribution is 5.61. The van der Waals surface area contributed by atoms with Crippen LogP contribution in [0, 0.1) is 11.3 Å². The Balaban J connectivity index is 2.25. The first-order valence-corrected chi connectivity index (χ1v) is 4.29. The second-order valence-corrected chi connectivity index (χ2v) is 3.15. The van der Waals surface area contributed by atoms with E-state index in [1.165, 1.54) is 7.11 Å². The van der Waals surface area contributed by atoms with Crippen LogP contribution >= 0.6 is 0 Å². The summed E-state index contributed by atoms with van der Waals surface area (Å²) in [5.41, 5.74) is 0.909. The maximum absolute atomic E-state index is 9.35. The first-order valence-electron chi connectivity index (χ1n) is 4.29. The lowest BCUT2D eigenvalue weighted by atomic mass is 10.3. The van der Waals surface area contributed by atoms with Gasteiger partial charge in [0.2, 0.25) is 0 Å². The molecule has 0 amide bonds. The number of nitrogens with zero attached hydrogens (tertiary/aromatic N) is 2. The van der Waals surface area contributed by atoms with E-state index in [-0.39, 0.29) is 11.8 Å². The van der Waals surface area contributed by atoms with E-state index in [0.29, 0.717) is 5.75 Å². The maximum Gasteiger partial charge on any atom is 0.162 e. The molecule has 0 radical (unpaired) electrons. The third-order valence-corrected chi connectivity index (χ3v) is 2.26. The van der Waals surface area contributed by atoms with Crippen LogP contribution in [-0.2, 0) is 0 Å². The highest BCUT2D eigenvalue weighted by Crippen LogP contribution is 2.34. The van der Waals surface area contributed by atoms with E-state index in [4.69, 9.17) is 10.00 Å². The first-order chi connectivity index (χ1) is 6.76. The number of phenolic OH excluding ortho intramolecular Hbond substituents is 1. The van der Waals surface area contributed by atoms with E-state index in [0.717, 1.165) is 12.2 Å². The molecule has 0 aliphatic carbocycles. The van der Waals surface area contributed by atoms with Gasteiger partial charge in [0.25, 0.3) is 0 Å². The summed E-state index contributed by atoms with van der Waals surface area (Å²) >= 11 is 0. The summed E-state index contributed by atoms with van der Waals surface area (Å²) in [6.07, 6.45) is 0. The van der Waals surface area contributed by atoms with Crippen LogP contribution < -0.4 is 9.64 Å². The van der Waals surface area contributed by atoms with Crippen LogP contribution in [0.4, 0.5) is 5.69 Å². The topological polar surface area (TPSA) is 56.3 Å². The molecule has 1 saturated heterocycles. The number of anilines is 1. The molecule has 4 nitrogen and oxygen atoms in total. The average Bonchev–Trinajstić information content (AvgIpc) is 2.98. The zero-order valence-electron chi connectivity index (χ0n) is 7.77. The van der Waals surface area contributed by atoms with Crippen molar-refractivity contribution in [3.8, 4) is 17.6 Å². The molecule has 4 heteroatoms. The van der Waals surface area contributed by atoms with Crippen LogP contribution in [0.2, 0.25) is 0 Å². The number of benzene rings is 1. The molecule has 72 valence electrons. The van der Waals surface area contributed by atoms with Gasteiger partial charge < -0.3 is 14.7 Å². The summed E-state index contributed by atoms with van der Waals surface area (Å²) < 4.78 is 4.97. The Morgan fingerprint density at radius 1 is 1.64 bits per heavy atom. The molecule has 1 fully saturated rings. The number of methoxy groups -OCH3 is 1. The van der Waals surface area contributed by atoms with E-state index >= 15 is 0 Å². The van der Waals surface area contributed by atoms with Gasteiger partial charge in [-0.1, -0.05) is 0 Å². The number of phenols is 1. The quantitative estimate of drug-likeness (QED) is 0.710. The molecule has 0 aromatic heterocycles. The second-order valence-electron chi connectivity index (χ2n) is 3.15. The molecule has 1 atom stereocenters. The Labute approximate surface area is 81.9 Å². The number of hydrogen-bond acceptors (Lipinski definition) is 4. The van der Waals surface area contributed by atoms with Crippen LogP contribution in [0.1, 0.15) is 0 Å². The molecule has 1 aliphatic rings. The fourth-order valence-electron chi connectivity index (χ4n) is 1.38. The largest absolute Gasteiger partial charge is 0.504 e. The van der Waals surface area contributed by atoms with Crippen molar-refractivity contribution < 1.29 is 9.84 Å². The summed E-state index contributed by atoms with van der Waals surface area (Å²) in [7, 11) is 1.50. The Hall–Kier alpha value is -1.89. The highest BCUT2D eigenvalue weighted by atomic mass is 16.5. The lowest BCUT2D eigenvalue weighted by Crippen LogP contribution is -1.96. The molecule has 0 bridgehead atoms. The molecular weight excluding hydrogens is 180 g/mol. The number of hydrogen-bond donors (Lipinski definition) is 1. The van der Waals surface area contributed by atoms with Gasteiger partial charge in [0.15, 0.2) is 11.5 Å². The van der Waals surface area contributed by atoms with E-state index < -0.39 is 0 Å². The van der Waals surface area contributed by atoms with Gasteiger partial charge in [-0.05, 0) is 12.1 Å². The van der Waals surface area contributed by atoms with Crippen LogP contribution in [-0.4, -0.2) is 24.8 Å². The molecule has 2 rings (SSSR count). The van der Waals surface area contributed by atoms with Crippen LogP contribution in [0.3, 0.4) is 0 Å². The van der Waals surface area contributed by atoms with E-state index in [9.17, 15) is 5.11 Å². The summed E-state index contributed by atoms with van der Waals surface area (Å²) in [6.45, 7) is 0.754. The molecule has 0 saturated carbocycles. The zero-order valence-corrected chi connectivity index (χ0v) is 7.77. The summed E-state index contributed by atoms with van der Waals surface area (Å²) in [4.78, 5) is 1.93. The maximum atomic E-state index is 9.35. The van der Waals surface area contributed by atoms with E-state index in [1.807, 2.05) is 4.90 Å². The third kappa shape index (κ3) is 1.33.